The van der Waals surface area contributed by atoms with Crippen LogP contribution in [0, 0.1) is 5.92 Å². The van der Waals surface area contributed by atoms with E-state index in [0.29, 0.717) is 6.54 Å². The van der Waals surface area contributed by atoms with Gasteiger partial charge in [-0.25, -0.2) is 0 Å². The quantitative estimate of drug-likeness (QED) is 0.841. The summed E-state index contributed by atoms with van der Waals surface area (Å²) in [6.45, 7) is 4.62. The lowest BCUT2D eigenvalue weighted by Gasteiger charge is -2.23. The first kappa shape index (κ1) is 14.7. The number of hydrogen-bond acceptors (Lipinski definition) is 2. The maximum absolute atomic E-state index is 12.3. The van der Waals surface area contributed by atoms with Gasteiger partial charge in [-0.3, -0.25) is 4.79 Å². The predicted molar refractivity (Wildman–Crippen MR) is 76.7 cm³/mol. The Morgan fingerprint density at radius 2 is 1.89 bits per heavy atom. The zero-order valence-corrected chi connectivity index (χ0v) is 11.6. The first-order valence-electron chi connectivity index (χ1n) is 6.70. The molecule has 0 aliphatic rings. The van der Waals surface area contributed by atoms with Crippen LogP contribution in [0.3, 0.4) is 0 Å². The summed E-state index contributed by atoms with van der Waals surface area (Å²) in [6, 6.07) is 8.12. The topological polar surface area (TPSA) is 46.3 Å². The molecule has 3 heteroatoms. The predicted octanol–water partition coefficient (Wildman–Crippen LogP) is 2.59. The van der Waals surface area contributed by atoms with Crippen LogP contribution in [0.25, 0.3) is 0 Å². The second-order valence-electron chi connectivity index (χ2n) is 4.64. The van der Waals surface area contributed by atoms with E-state index in [1.165, 1.54) is 5.56 Å². The molecule has 1 unspecified atom stereocenters. The Balaban J connectivity index is 2.78. The number of benzene rings is 1. The molecule has 0 bridgehead atoms. The average Bonchev–Trinajstić information content (AvgIpc) is 2.43. The van der Waals surface area contributed by atoms with Crippen molar-refractivity contribution in [3.05, 3.63) is 29.8 Å². The Labute approximate surface area is 110 Å². The number of nitrogens with zero attached hydrogens (tertiary/aromatic N) is 1. The largest absolute Gasteiger partial charge is 0.330 e. The van der Waals surface area contributed by atoms with Crippen LogP contribution in [-0.2, 0) is 11.2 Å². The van der Waals surface area contributed by atoms with Gasteiger partial charge in [-0.2, -0.15) is 0 Å². The third-order valence-corrected chi connectivity index (χ3v) is 3.33. The second-order valence-corrected chi connectivity index (χ2v) is 4.64. The monoisotopic (exact) mass is 248 g/mol. The van der Waals surface area contributed by atoms with E-state index in [0.717, 1.165) is 24.9 Å². The van der Waals surface area contributed by atoms with E-state index >= 15 is 0 Å². The zero-order valence-electron chi connectivity index (χ0n) is 11.6. The highest BCUT2D eigenvalue weighted by atomic mass is 16.2. The van der Waals surface area contributed by atoms with Crippen molar-refractivity contribution >= 4 is 11.6 Å². The number of anilines is 1. The van der Waals surface area contributed by atoms with Crippen LogP contribution < -0.4 is 10.6 Å². The Hall–Kier alpha value is -1.35. The lowest BCUT2D eigenvalue weighted by molar-refractivity contribution is -0.122. The van der Waals surface area contributed by atoms with Crippen molar-refractivity contribution in [2.75, 3.05) is 18.5 Å². The van der Waals surface area contributed by atoms with Gasteiger partial charge in [0.1, 0.15) is 0 Å². The molecule has 1 aromatic rings. The first-order valence-corrected chi connectivity index (χ1v) is 6.70. The van der Waals surface area contributed by atoms with Crippen molar-refractivity contribution in [3.63, 3.8) is 0 Å². The molecule has 0 radical (unpaired) electrons. The van der Waals surface area contributed by atoms with Crippen LogP contribution in [0.2, 0.25) is 0 Å². The molecule has 1 atom stereocenters. The highest BCUT2D eigenvalue weighted by Crippen LogP contribution is 2.18. The summed E-state index contributed by atoms with van der Waals surface area (Å²) in [5.41, 5.74) is 7.89. The highest BCUT2D eigenvalue weighted by molar-refractivity contribution is 5.94. The molecule has 0 aliphatic carbocycles. The van der Waals surface area contributed by atoms with Gasteiger partial charge in [0.2, 0.25) is 5.91 Å². The van der Waals surface area contributed by atoms with Gasteiger partial charge in [0.15, 0.2) is 0 Å². The molecule has 0 spiro atoms. The summed E-state index contributed by atoms with van der Waals surface area (Å²) in [6.07, 6.45) is 2.85. The zero-order chi connectivity index (χ0) is 13.5. The molecule has 3 nitrogen and oxygen atoms in total. The molecule has 1 amide bonds. The third kappa shape index (κ3) is 3.57. The Kier molecular flexibility index (Phi) is 5.86. The summed E-state index contributed by atoms with van der Waals surface area (Å²) in [7, 11) is 1.82. The van der Waals surface area contributed by atoms with E-state index in [-0.39, 0.29) is 11.8 Å². The molecule has 18 heavy (non-hydrogen) atoms. The van der Waals surface area contributed by atoms with Gasteiger partial charge in [0.05, 0.1) is 5.92 Å². The Bertz CT molecular complexity index is 373. The second kappa shape index (κ2) is 7.17. The van der Waals surface area contributed by atoms with Crippen LogP contribution >= 0.6 is 0 Å². The molecule has 0 saturated heterocycles. The number of rotatable bonds is 6. The van der Waals surface area contributed by atoms with Crippen molar-refractivity contribution in [1.82, 2.24) is 0 Å². The Morgan fingerprint density at radius 1 is 1.28 bits per heavy atom. The summed E-state index contributed by atoms with van der Waals surface area (Å²) >= 11 is 0. The maximum atomic E-state index is 12.3. The highest BCUT2D eigenvalue weighted by Gasteiger charge is 2.20. The van der Waals surface area contributed by atoms with Crippen molar-refractivity contribution < 1.29 is 4.79 Å². The van der Waals surface area contributed by atoms with E-state index in [9.17, 15) is 4.79 Å². The summed E-state index contributed by atoms with van der Waals surface area (Å²) in [5, 5.41) is 0. The van der Waals surface area contributed by atoms with Gasteiger partial charge in [0.25, 0.3) is 0 Å². The normalized spacial score (nSPS) is 12.2. The fourth-order valence-corrected chi connectivity index (χ4v) is 2.05. The molecule has 0 heterocycles. The third-order valence-electron chi connectivity index (χ3n) is 3.33. The van der Waals surface area contributed by atoms with Gasteiger partial charge >= 0.3 is 0 Å². The standard InChI is InChI=1S/C15H24N2O/c1-4-6-13(11-16)15(18)17(3)14-9-7-12(5-2)8-10-14/h7-10,13H,4-6,11,16H2,1-3H3. The number of amides is 1. The minimum absolute atomic E-state index is 0.0640. The summed E-state index contributed by atoms with van der Waals surface area (Å²) in [4.78, 5) is 14.0. The van der Waals surface area contributed by atoms with Gasteiger partial charge < -0.3 is 10.6 Å². The molecule has 0 aromatic heterocycles. The smallest absolute Gasteiger partial charge is 0.231 e. The lowest BCUT2D eigenvalue weighted by atomic mass is 10.0. The maximum Gasteiger partial charge on any atom is 0.231 e. The first-order chi connectivity index (χ1) is 8.63. The minimum atomic E-state index is -0.0640. The van der Waals surface area contributed by atoms with E-state index in [1.807, 2.05) is 19.2 Å². The summed E-state index contributed by atoms with van der Waals surface area (Å²) < 4.78 is 0. The minimum Gasteiger partial charge on any atom is -0.330 e. The van der Waals surface area contributed by atoms with Gasteiger partial charge in [-0.1, -0.05) is 32.4 Å². The number of hydrogen-bond donors (Lipinski definition) is 1. The molecular formula is C15H24N2O. The van der Waals surface area contributed by atoms with E-state index in [2.05, 4.69) is 26.0 Å². The van der Waals surface area contributed by atoms with Crippen molar-refractivity contribution in [3.8, 4) is 0 Å². The van der Waals surface area contributed by atoms with Crippen LogP contribution in [0.4, 0.5) is 5.69 Å². The number of carbonyl (C=O) groups is 1. The SMILES string of the molecule is CCCC(CN)C(=O)N(C)c1ccc(CC)cc1. The molecule has 0 aliphatic heterocycles. The molecule has 1 aromatic carbocycles. The Morgan fingerprint density at radius 3 is 2.33 bits per heavy atom. The van der Waals surface area contributed by atoms with Crippen LogP contribution in [0.15, 0.2) is 24.3 Å². The molecule has 2 N–H and O–H groups in total. The number of nitrogens with two attached hydrogens (primary N) is 1. The van der Waals surface area contributed by atoms with E-state index in [1.54, 1.807) is 4.90 Å². The van der Waals surface area contributed by atoms with Crippen LogP contribution in [0.5, 0.6) is 0 Å². The van der Waals surface area contributed by atoms with Gasteiger partial charge in [-0.05, 0) is 30.5 Å². The van der Waals surface area contributed by atoms with Crippen LogP contribution in [0.1, 0.15) is 32.3 Å². The molecule has 100 valence electrons. The molecular weight excluding hydrogens is 224 g/mol. The van der Waals surface area contributed by atoms with Crippen molar-refractivity contribution in [2.24, 2.45) is 11.7 Å². The molecule has 1 rings (SSSR count). The number of carbonyl (C=O) groups excluding carboxylic acids is 1. The lowest BCUT2D eigenvalue weighted by Crippen LogP contribution is -2.36. The molecule has 0 saturated carbocycles. The van der Waals surface area contributed by atoms with Crippen molar-refractivity contribution in [2.45, 2.75) is 33.1 Å². The fraction of sp³-hybridized carbons (Fsp3) is 0.533. The van der Waals surface area contributed by atoms with Gasteiger partial charge in [0, 0.05) is 19.3 Å². The van der Waals surface area contributed by atoms with E-state index in [4.69, 9.17) is 5.73 Å². The fourth-order valence-electron chi connectivity index (χ4n) is 2.05. The molecule has 0 fully saturated rings. The average molecular weight is 248 g/mol. The number of aryl methyl sites for hydroxylation is 1. The van der Waals surface area contributed by atoms with Crippen molar-refractivity contribution in [1.29, 1.82) is 0 Å². The van der Waals surface area contributed by atoms with Gasteiger partial charge in [-0.15, -0.1) is 0 Å². The van der Waals surface area contributed by atoms with E-state index < -0.39 is 0 Å². The van der Waals surface area contributed by atoms with Crippen LogP contribution in [-0.4, -0.2) is 19.5 Å². The summed E-state index contributed by atoms with van der Waals surface area (Å²) in [5.74, 6) is 0.0504.